The lowest BCUT2D eigenvalue weighted by molar-refractivity contribution is -0.123. The minimum Gasteiger partial charge on any atom is -0.482 e. The fraction of sp³-hybridized carbons (Fsp3) is 0.263. The summed E-state index contributed by atoms with van der Waals surface area (Å²) in [4.78, 5) is 12.2. The van der Waals surface area contributed by atoms with E-state index in [0.717, 1.165) is 18.4 Å². The molecule has 0 spiro atoms. The van der Waals surface area contributed by atoms with Gasteiger partial charge in [0.25, 0.3) is 5.91 Å². The van der Waals surface area contributed by atoms with E-state index in [1.165, 1.54) is 0 Å². The number of nitrogens with one attached hydrogen (secondary N) is 1. The monoisotopic (exact) mass is 308 g/mol. The van der Waals surface area contributed by atoms with Crippen molar-refractivity contribution in [2.75, 3.05) is 6.61 Å². The van der Waals surface area contributed by atoms with E-state index in [0.29, 0.717) is 11.3 Å². The number of rotatable bonds is 7. The average molecular weight is 308 g/mol. The van der Waals surface area contributed by atoms with Gasteiger partial charge in [0.05, 0.1) is 11.6 Å². The van der Waals surface area contributed by atoms with Crippen molar-refractivity contribution in [3.05, 3.63) is 65.7 Å². The zero-order valence-corrected chi connectivity index (χ0v) is 13.2. The molecular formula is C19H20N2O2. The van der Waals surface area contributed by atoms with Gasteiger partial charge >= 0.3 is 0 Å². The minimum atomic E-state index is -0.194. The molecular weight excluding hydrogens is 288 g/mol. The van der Waals surface area contributed by atoms with Crippen LogP contribution in [0.5, 0.6) is 5.75 Å². The van der Waals surface area contributed by atoms with Crippen LogP contribution < -0.4 is 10.1 Å². The van der Waals surface area contributed by atoms with Gasteiger partial charge in [0, 0.05) is 0 Å². The Morgan fingerprint density at radius 1 is 1.17 bits per heavy atom. The number of amides is 1. The molecule has 0 saturated carbocycles. The summed E-state index contributed by atoms with van der Waals surface area (Å²) in [7, 11) is 0. The van der Waals surface area contributed by atoms with Crippen LogP contribution in [0.1, 0.15) is 36.9 Å². The second kappa shape index (κ2) is 8.60. The molecule has 4 nitrogen and oxygen atoms in total. The van der Waals surface area contributed by atoms with Gasteiger partial charge < -0.3 is 10.1 Å². The van der Waals surface area contributed by atoms with Gasteiger partial charge in [-0.15, -0.1) is 0 Å². The van der Waals surface area contributed by atoms with Crippen molar-refractivity contribution in [1.82, 2.24) is 5.32 Å². The molecule has 2 aromatic rings. The number of hydrogen-bond acceptors (Lipinski definition) is 3. The van der Waals surface area contributed by atoms with Crippen molar-refractivity contribution >= 4 is 5.91 Å². The molecule has 0 fully saturated rings. The van der Waals surface area contributed by atoms with E-state index in [9.17, 15) is 4.79 Å². The molecule has 0 bridgehead atoms. The maximum Gasteiger partial charge on any atom is 0.258 e. The van der Waals surface area contributed by atoms with E-state index >= 15 is 0 Å². The van der Waals surface area contributed by atoms with Crippen LogP contribution in [-0.2, 0) is 4.79 Å². The molecule has 2 aromatic carbocycles. The lowest BCUT2D eigenvalue weighted by atomic mass is 10.0. The summed E-state index contributed by atoms with van der Waals surface area (Å²) in [6.07, 6.45) is 1.84. The molecule has 1 N–H and O–H groups in total. The number of benzene rings is 2. The zero-order valence-electron chi connectivity index (χ0n) is 13.2. The third kappa shape index (κ3) is 4.86. The van der Waals surface area contributed by atoms with Gasteiger partial charge in [-0.1, -0.05) is 55.8 Å². The smallest absolute Gasteiger partial charge is 0.258 e. The van der Waals surface area contributed by atoms with Gasteiger partial charge in [-0.3, -0.25) is 4.79 Å². The molecule has 0 aromatic heterocycles. The summed E-state index contributed by atoms with van der Waals surface area (Å²) >= 11 is 0. The Morgan fingerprint density at radius 2 is 1.87 bits per heavy atom. The van der Waals surface area contributed by atoms with Crippen molar-refractivity contribution in [3.8, 4) is 11.8 Å². The van der Waals surface area contributed by atoms with Crippen molar-refractivity contribution < 1.29 is 9.53 Å². The lowest BCUT2D eigenvalue weighted by Gasteiger charge is -2.19. The zero-order chi connectivity index (χ0) is 16.5. The van der Waals surface area contributed by atoms with Crippen LogP contribution in [0.25, 0.3) is 0 Å². The topological polar surface area (TPSA) is 62.1 Å². The first-order valence-corrected chi connectivity index (χ1v) is 7.70. The first-order chi connectivity index (χ1) is 11.2. The van der Waals surface area contributed by atoms with Gasteiger partial charge in [-0.25, -0.2) is 0 Å². The Bertz CT molecular complexity index is 677. The van der Waals surface area contributed by atoms with Gasteiger partial charge in [0.15, 0.2) is 6.61 Å². The third-order valence-electron chi connectivity index (χ3n) is 3.48. The Kier molecular flexibility index (Phi) is 6.19. The van der Waals surface area contributed by atoms with E-state index in [2.05, 4.69) is 12.2 Å². The highest BCUT2D eigenvalue weighted by molar-refractivity contribution is 5.78. The number of nitriles is 1. The average Bonchev–Trinajstić information content (AvgIpc) is 2.60. The highest BCUT2D eigenvalue weighted by Crippen LogP contribution is 2.19. The number of carbonyl (C=O) groups is 1. The highest BCUT2D eigenvalue weighted by atomic mass is 16.5. The van der Waals surface area contributed by atoms with Crippen LogP contribution in [0.4, 0.5) is 0 Å². The molecule has 1 atom stereocenters. The molecule has 118 valence electrons. The van der Waals surface area contributed by atoms with Crippen LogP contribution >= 0.6 is 0 Å². The van der Waals surface area contributed by atoms with Gasteiger partial charge in [0.2, 0.25) is 0 Å². The van der Waals surface area contributed by atoms with Crippen LogP contribution in [0.2, 0.25) is 0 Å². The number of carbonyl (C=O) groups excluding carboxylic acids is 1. The van der Waals surface area contributed by atoms with Crippen LogP contribution in [-0.4, -0.2) is 12.5 Å². The van der Waals surface area contributed by atoms with E-state index in [-0.39, 0.29) is 18.6 Å². The lowest BCUT2D eigenvalue weighted by Crippen LogP contribution is -2.32. The summed E-state index contributed by atoms with van der Waals surface area (Å²) in [6, 6.07) is 18.8. The van der Waals surface area contributed by atoms with Crippen molar-refractivity contribution in [2.45, 2.75) is 25.8 Å². The summed E-state index contributed by atoms with van der Waals surface area (Å²) in [6.45, 7) is 1.98. The molecule has 2 rings (SSSR count). The molecule has 0 radical (unpaired) electrons. The van der Waals surface area contributed by atoms with Gasteiger partial charge in [-0.05, 0) is 24.1 Å². The fourth-order valence-electron chi connectivity index (χ4n) is 2.36. The molecule has 1 unspecified atom stereocenters. The minimum absolute atomic E-state index is 0.0245. The first kappa shape index (κ1) is 16.6. The summed E-state index contributed by atoms with van der Waals surface area (Å²) in [5, 5.41) is 12.0. The van der Waals surface area contributed by atoms with Crippen molar-refractivity contribution in [3.63, 3.8) is 0 Å². The normalized spacial score (nSPS) is 11.3. The Balaban J connectivity index is 1.96. The number of ether oxygens (including phenoxy) is 1. The number of para-hydroxylation sites is 1. The maximum absolute atomic E-state index is 12.2. The summed E-state index contributed by atoms with van der Waals surface area (Å²) in [5.74, 6) is 0.233. The Hall–Kier alpha value is -2.80. The van der Waals surface area contributed by atoms with E-state index in [4.69, 9.17) is 10.00 Å². The number of nitrogens with zero attached hydrogens (tertiary/aromatic N) is 1. The van der Waals surface area contributed by atoms with Crippen LogP contribution in [0.15, 0.2) is 54.6 Å². The molecule has 4 heteroatoms. The second-order valence-corrected chi connectivity index (χ2v) is 5.22. The largest absolute Gasteiger partial charge is 0.482 e. The predicted octanol–water partition coefficient (Wildman–Crippen LogP) is 3.59. The fourth-order valence-corrected chi connectivity index (χ4v) is 2.36. The van der Waals surface area contributed by atoms with E-state index in [1.54, 1.807) is 24.3 Å². The van der Waals surface area contributed by atoms with E-state index < -0.39 is 0 Å². The van der Waals surface area contributed by atoms with Crippen LogP contribution in [0.3, 0.4) is 0 Å². The third-order valence-corrected chi connectivity index (χ3v) is 3.48. The molecule has 1 amide bonds. The number of hydrogen-bond donors (Lipinski definition) is 1. The Morgan fingerprint density at radius 3 is 2.57 bits per heavy atom. The van der Waals surface area contributed by atoms with Gasteiger partial charge in [0.1, 0.15) is 11.8 Å². The highest BCUT2D eigenvalue weighted by Gasteiger charge is 2.14. The quantitative estimate of drug-likeness (QED) is 0.850. The summed E-state index contributed by atoms with van der Waals surface area (Å²) < 4.78 is 5.47. The van der Waals surface area contributed by atoms with Gasteiger partial charge in [-0.2, -0.15) is 5.26 Å². The SMILES string of the molecule is CCCC(NC(=O)COc1ccccc1C#N)c1ccccc1. The molecule has 0 aliphatic heterocycles. The molecule has 0 aliphatic carbocycles. The Labute approximate surface area is 136 Å². The molecule has 0 heterocycles. The van der Waals surface area contributed by atoms with E-state index in [1.807, 2.05) is 36.4 Å². The molecule has 0 saturated heterocycles. The molecule has 0 aliphatic rings. The predicted molar refractivity (Wildman–Crippen MR) is 88.9 cm³/mol. The van der Waals surface area contributed by atoms with Crippen molar-refractivity contribution in [1.29, 1.82) is 5.26 Å². The maximum atomic E-state index is 12.2. The van der Waals surface area contributed by atoms with Crippen molar-refractivity contribution in [2.24, 2.45) is 0 Å². The molecule has 23 heavy (non-hydrogen) atoms. The standard InChI is InChI=1S/C19H20N2O2/c1-2-8-17(15-9-4-3-5-10-15)21-19(22)14-23-18-12-7-6-11-16(18)13-20/h3-7,9-12,17H,2,8,14H2,1H3,(H,21,22). The summed E-state index contributed by atoms with van der Waals surface area (Å²) in [5.41, 5.74) is 1.51. The second-order valence-electron chi connectivity index (χ2n) is 5.22. The van der Waals surface area contributed by atoms with Crippen LogP contribution in [0, 0.1) is 11.3 Å². The first-order valence-electron chi connectivity index (χ1n) is 7.70.